The highest BCUT2D eigenvalue weighted by Gasteiger charge is 2.58. The van der Waals surface area contributed by atoms with E-state index in [1.54, 1.807) is 12.1 Å². The van der Waals surface area contributed by atoms with Crippen LogP contribution in [0.4, 0.5) is 9.93 Å². The summed E-state index contributed by atoms with van der Waals surface area (Å²) in [5.74, 6) is -1.36. The molecule has 1 aliphatic heterocycles. The molecule has 6 N–H and O–H groups in total. The van der Waals surface area contributed by atoms with Crippen molar-refractivity contribution in [1.29, 1.82) is 0 Å². The Morgan fingerprint density at radius 3 is 2.55 bits per heavy atom. The van der Waals surface area contributed by atoms with Gasteiger partial charge in [0.25, 0.3) is 11.8 Å². The number of aromatic nitrogens is 7. The number of aromatic amines is 1. The Morgan fingerprint density at radius 2 is 1.95 bits per heavy atom. The maximum atomic E-state index is 13.5. The molecule has 0 spiro atoms. The second-order valence-electron chi connectivity index (χ2n) is 13.6. The van der Waals surface area contributed by atoms with Gasteiger partial charge in [-0.05, 0) is 58.7 Å². The number of anilines is 1. The number of aryl methyl sites for hydroxylation is 2. The van der Waals surface area contributed by atoms with Gasteiger partial charge >= 0.3 is 16.5 Å². The number of tetrazole rings is 1. The van der Waals surface area contributed by atoms with Gasteiger partial charge in [0.2, 0.25) is 18.1 Å². The Hall–Kier alpha value is -5.72. The van der Waals surface area contributed by atoms with E-state index < -0.39 is 51.6 Å². The number of amides is 3. The molecule has 1 unspecified atom stereocenters. The number of H-pyrrole nitrogens is 1. The number of carbonyl (C=O) groups is 3. The molecule has 1 aromatic carbocycles. The fourth-order valence-electron chi connectivity index (χ4n) is 5.19. The lowest BCUT2D eigenvalue weighted by Crippen LogP contribution is -2.76. The number of ether oxygens (including phenoxy) is 2. The number of nitrogen functional groups attached to an aromatic ring is 1. The molecule has 2 atom stereocenters. The molecule has 5 rings (SSSR count). The Bertz CT molecular complexity index is 2130. The Morgan fingerprint density at radius 1 is 1.22 bits per heavy atom. The summed E-state index contributed by atoms with van der Waals surface area (Å²) >= 11 is 1.02. The summed E-state index contributed by atoms with van der Waals surface area (Å²) < 4.78 is 51.0. The Labute approximate surface area is 318 Å². The molecule has 4 aromatic rings. The van der Waals surface area contributed by atoms with E-state index in [1.165, 1.54) is 19.2 Å². The number of thiazole rings is 1. The molecular weight excluding hydrogens is 765 g/mol. The second-order valence-corrected chi connectivity index (χ2v) is 15.5. The highest BCUT2D eigenvalue weighted by atomic mass is 32.3. The minimum Gasteiger partial charge on any atom is -0.489 e. The van der Waals surface area contributed by atoms with Crippen molar-refractivity contribution in [2.45, 2.75) is 70.9 Å². The fourth-order valence-corrected chi connectivity index (χ4v) is 6.19. The van der Waals surface area contributed by atoms with Crippen molar-refractivity contribution in [2.24, 2.45) is 12.2 Å². The molecular formula is C31H41N12O10S2+. The molecule has 1 saturated heterocycles. The van der Waals surface area contributed by atoms with Gasteiger partial charge in [0, 0.05) is 11.9 Å². The predicted molar refractivity (Wildman–Crippen MR) is 192 cm³/mol. The molecule has 24 heteroatoms. The number of β-lactam (4-membered cyclic amide) rings is 1. The SMILES string of the molecule is C[n+]1cc(-c2ccc(OCC(O/N=C(\C(=O)N[C@@H]3C(=O)N(OS(=O)(=O)O)C3(C)C)c3csc(N)n3)c3nn[nH]n3)cc2)cn1CCCNC(=O)OC(C)(C)C. The van der Waals surface area contributed by atoms with Gasteiger partial charge in [-0.2, -0.15) is 23.4 Å². The van der Waals surface area contributed by atoms with E-state index in [0.29, 0.717) is 30.3 Å². The van der Waals surface area contributed by atoms with E-state index in [0.717, 1.165) is 22.5 Å². The van der Waals surface area contributed by atoms with E-state index in [-0.39, 0.29) is 29.0 Å². The summed E-state index contributed by atoms with van der Waals surface area (Å²) in [6.07, 6.45) is 3.11. The van der Waals surface area contributed by atoms with E-state index >= 15 is 0 Å². The van der Waals surface area contributed by atoms with Gasteiger partial charge in [0.15, 0.2) is 17.9 Å². The van der Waals surface area contributed by atoms with E-state index in [1.807, 2.05) is 61.7 Å². The first-order chi connectivity index (χ1) is 25.8. The molecule has 22 nitrogen and oxygen atoms in total. The van der Waals surface area contributed by atoms with Gasteiger partial charge in [0.05, 0.1) is 23.8 Å². The molecule has 0 saturated carbocycles. The van der Waals surface area contributed by atoms with Crippen LogP contribution in [0.3, 0.4) is 0 Å². The van der Waals surface area contributed by atoms with Crippen LogP contribution in [0.25, 0.3) is 11.1 Å². The highest BCUT2D eigenvalue weighted by Crippen LogP contribution is 2.33. The van der Waals surface area contributed by atoms with Crippen molar-refractivity contribution in [1.82, 2.24) is 46.0 Å². The molecule has 55 heavy (non-hydrogen) atoms. The average Bonchev–Trinajstić information content (AvgIpc) is 3.87. The highest BCUT2D eigenvalue weighted by molar-refractivity contribution is 7.80. The van der Waals surface area contributed by atoms with Crippen LogP contribution in [-0.2, 0) is 47.4 Å². The van der Waals surface area contributed by atoms with E-state index in [9.17, 15) is 22.8 Å². The summed E-state index contributed by atoms with van der Waals surface area (Å²) in [5, 5.41) is 25.0. The maximum absolute atomic E-state index is 13.5. The van der Waals surface area contributed by atoms with Crippen LogP contribution in [0, 0.1) is 0 Å². The standard InChI is InChI=1S/C31H40N12O10S2/c1-30(2,3)51-29(46)33-12-7-13-42-15-19(14-41(42)6)18-8-10-20(11-9-18)50-16-22(25-36-39-40-37-25)52-38-23(21-17-54-28(32)34-21)26(44)35-24-27(45)43(31(24,4)5)53-55(47,48)49/h8-11,14-15,17,22,24H,7,12-13,16H2,1-6H3,(H5-,32,33,34,35,36,37,39,40,44,46,47,48,49)/p+1/b38-23-/t22?,24-/m1/s1. The number of nitrogens with zero attached hydrogens (tertiary/aromatic N) is 8. The summed E-state index contributed by atoms with van der Waals surface area (Å²) in [6, 6.07) is 6.00. The monoisotopic (exact) mass is 805 g/mol. The van der Waals surface area contributed by atoms with Crippen molar-refractivity contribution in [3.8, 4) is 16.9 Å². The zero-order chi connectivity index (χ0) is 40.1. The lowest BCUT2D eigenvalue weighted by atomic mass is 9.84. The first-order valence-corrected chi connectivity index (χ1v) is 18.8. The number of hydrogen-bond acceptors (Lipinski definition) is 16. The van der Waals surface area contributed by atoms with Crippen molar-refractivity contribution in [2.75, 3.05) is 18.9 Å². The molecule has 1 fully saturated rings. The lowest BCUT2D eigenvalue weighted by molar-refractivity contribution is -0.753. The number of hydroxylamine groups is 2. The lowest BCUT2D eigenvalue weighted by Gasteiger charge is -2.50. The molecule has 0 radical (unpaired) electrons. The van der Waals surface area contributed by atoms with Crippen LogP contribution in [0.5, 0.6) is 5.75 Å². The van der Waals surface area contributed by atoms with Crippen LogP contribution >= 0.6 is 11.3 Å². The van der Waals surface area contributed by atoms with Gasteiger partial charge in [0.1, 0.15) is 29.7 Å². The van der Waals surface area contributed by atoms with Gasteiger partial charge in [-0.1, -0.05) is 22.5 Å². The minimum atomic E-state index is -5.01. The Balaban J connectivity index is 1.23. The summed E-state index contributed by atoms with van der Waals surface area (Å²) in [6.45, 7) is 9.17. The van der Waals surface area contributed by atoms with Crippen LogP contribution in [0.15, 0.2) is 47.2 Å². The third-order valence-electron chi connectivity index (χ3n) is 7.86. The number of nitrogens with one attached hydrogen (secondary N) is 3. The van der Waals surface area contributed by atoms with Crippen LogP contribution in [0.2, 0.25) is 0 Å². The van der Waals surface area contributed by atoms with Gasteiger partial charge in [-0.3, -0.25) is 14.1 Å². The van der Waals surface area contributed by atoms with Crippen LogP contribution < -0.4 is 25.8 Å². The molecule has 0 bridgehead atoms. The minimum absolute atomic E-state index is 0.0127. The number of rotatable bonds is 16. The molecule has 3 amide bonds. The number of carbonyl (C=O) groups excluding carboxylic acids is 3. The quantitative estimate of drug-likeness (QED) is 0.0262. The summed E-state index contributed by atoms with van der Waals surface area (Å²) in [7, 11) is -3.09. The average molecular weight is 806 g/mol. The van der Waals surface area contributed by atoms with Crippen LogP contribution in [-0.4, -0.2) is 102 Å². The van der Waals surface area contributed by atoms with Gasteiger partial charge < -0.3 is 30.7 Å². The third-order valence-corrected chi connectivity index (χ3v) is 8.87. The number of nitrogens with two attached hydrogens (primary N) is 1. The van der Waals surface area contributed by atoms with Crippen molar-refractivity contribution < 1.29 is 50.6 Å². The molecule has 296 valence electrons. The second kappa shape index (κ2) is 16.3. The zero-order valence-corrected chi connectivity index (χ0v) is 32.3. The molecule has 4 heterocycles. The summed E-state index contributed by atoms with van der Waals surface area (Å²) in [4.78, 5) is 47.9. The zero-order valence-electron chi connectivity index (χ0n) is 30.6. The number of alkyl carbamates (subject to hydrolysis) is 1. The largest absolute Gasteiger partial charge is 0.489 e. The maximum Gasteiger partial charge on any atom is 0.418 e. The van der Waals surface area contributed by atoms with Crippen molar-refractivity contribution in [3.63, 3.8) is 0 Å². The smallest absolute Gasteiger partial charge is 0.418 e. The number of hydrogen-bond donors (Lipinski definition) is 5. The van der Waals surface area contributed by atoms with Gasteiger partial charge in [-0.15, -0.1) is 30.5 Å². The first-order valence-electron chi connectivity index (χ1n) is 16.6. The van der Waals surface area contributed by atoms with Gasteiger partial charge in [-0.25, -0.2) is 9.78 Å². The normalized spacial score (nSPS) is 16.3. The van der Waals surface area contributed by atoms with E-state index in [4.69, 9.17) is 24.6 Å². The van der Waals surface area contributed by atoms with Crippen molar-refractivity contribution >= 4 is 50.5 Å². The molecule has 3 aromatic heterocycles. The first kappa shape index (κ1) is 40.5. The van der Waals surface area contributed by atoms with Crippen LogP contribution in [0.1, 0.15) is 58.7 Å². The third kappa shape index (κ3) is 10.5. The predicted octanol–water partition coefficient (Wildman–Crippen LogP) is 0.827. The summed E-state index contributed by atoms with van der Waals surface area (Å²) in [5.41, 5.74) is 5.34. The number of oxime groups is 1. The fraction of sp³-hybridized carbons (Fsp3) is 0.452. The number of benzene rings is 1. The molecule has 0 aliphatic carbocycles. The Kier molecular flexibility index (Phi) is 12.0. The van der Waals surface area contributed by atoms with E-state index in [2.05, 4.69) is 45.7 Å². The molecule has 1 aliphatic rings. The topological polar surface area (TPSA) is 284 Å². The van der Waals surface area contributed by atoms with Crippen molar-refractivity contribution in [3.05, 3.63) is 53.6 Å².